The molecule has 2 aromatic carbocycles. The summed E-state index contributed by atoms with van der Waals surface area (Å²) in [6.45, 7) is 4.32. The maximum absolute atomic E-state index is 13.5. The molecule has 0 spiro atoms. The number of rotatable bonds is 4. The van der Waals surface area contributed by atoms with Crippen molar-refractivity contribution in [1.29, 1.82) is 0 Å². The van der Waals surface area contributed by atoms with Crippen molar-refractivity contribution in [1.82, 2.24) is 4.90 Å². The van der Waals surface area contributed by atoms with Gasteiger partial charge in [-0.15, -0.1) is 0 Å². The summed E-state index contributed by atoms with van der Waals surface area (Å²) < 4.78 is 13.5. The molecule has 0 amide bonds. The van der Waals surface area contributed by atoms with Gasteiger partial charge in [-0.05, 0) is 65.8 Å². The Hall–Kier alpha value is -2.70. The number of hydrogen-bond acceptors (Lipinski definition) is 5. The minimum absolute atomic E-state index is 0.104. The van der Waals surface area contributed by atoms with Crippen LogP contribution < -0.4 is 9.91 Å². The van der Waals surface area contributed by atoms with E-state index in [0.29, 0.717) is 0 Å². The summed E-state index contributed by atoms with van der Waals surface area (Å²) >= 11 is 1.68. The third-order valence-corrected chi connectivity index (χ3v) is 6.69. The van der Waals surface area contributed by atoms with E-state index in [0.717, 1.165) is 44.0 Å². The van der Waals surface area contributed by atoms with E-state index in [4.69, 9.17) is 5.10 Å². The minimum atomic E-state index is -0.229. The monoisotopic (exact) mass is 420 g/mol. The van der Waals surface area contributed by atoms with Crippen molar-refractivity contribution >= 4 is 28.4 Å². The number of hydrogen-bond donors (Lipinski definition) is 0. The number of anilines is 2. The molecule has 1 saturated heterocycles. The number of likely N-dealkylation sites (N-methyl/N-ethyl adjacent to an activating group) is 1. The fraction of sp³-hybridized carbons (Fsp3) is 0.292. The largest absolute Gasteiger partial charge is 0.369 e. The van der Waals surface area contributed by atoms with Crippen LogP contribution in [0.25, 0.3) is 0 Å². The predicted molar refractivity (Wildman–Crippen MR) is 123 cm³/mol. The minimum Gasteiger partial charge on any atom is -0.369 e. The average Bonchev–Trinajstić information content (AvgIpc) is 3.45. The Morgan fingerprint density at radius 1 is 0.900 bits per heavy atom. The lowest BCUT2D eigenvalue weighted by Crippen LogP contribution is -2.44. The first-order valence-electron chi connectivity index (χ1n) is 10.4. The smallest absolute Gasteiger partial charge is 0.123 e. The van der Waals surface area contributed by atoms with Gasteiger partial charge in [0.25, 0.3) is 0 Å². The lowest BCUT2D eigenvalue weighted by atomic mass is 9.99. The number of nitrogens with zero attached hydrogens (tertiary/aromatic N) is 4. The third-order valence-electron chi connectivity index (χ3n) is 6.00. The summed E-state index contributed by atoms with van der Waals surface area (Å²) in [5, 5.41) is 11.2. The second-order valence-corrected chi connectivity index (χ2v) is 8.76. The molecule has 2 aliphatic rings. The lowest BCUT2D eigenvalue weighted by Gasteiger charge is -2.34. The van der Waals surface area contributed by atoms with Crippen LogP contribution in [0, 0.1) is 5.82 Å². The second-order valence-electron chi connectivity index (χ2n) is 7.98. The first-order chi connectivity index (χ1) is 14.7. The quantitative estimate of drug-likeness (QED) is 0.593. The van der Waals surface area contributed by atoms with E-state index in [1.807, 2.05) is 5.01 Å². The fourth-order valence-corrected chi connectivity index (χ4v) is 4.84. The fourth-order valence-electron chi connectivity index (χ4n) is 4.18. The second kappa shape index (κ2) is 8.20. The van der Waals surface area contributed by atoms with Crippen LogP contribution in [0.1, 0.15) is 23.6 Å². The Bertz CT molecular complexity index is 1010. The van der Waals surface area contributed by atoms with Crippen LogP contribution in [0.4, 0.5) is 15.8 Å². The zero-order valence-electron chi connectivity index (χ0n) is 17.0. The maximum Gasteiger partial charge on any atom is 0.123 e. The van der Waals surface area contributed by atoms with Gasteiger partial charge in [0.15, 0.2) is 0 Å². The first-order valence-corrected chi connectivity index (χ1v) is 11.3. The standard InChI is InChI=1S/C24H25FN4S/c1-27-11-13-28(14-12-27)21-6-2-18(3-7-21)24-16-23(19-10-15-30-17-19)26-29(24)22-8-4-20(25)5-9-22/h2-10,15,17,24H,11-14,16H2,1H3. The molecule has 5 rings (SSSR count). The Labute approximate surface area is 180 Å². The molecule has 0 radical (unpaired) electrons. The summed E-state index contributed by atoms with van der Waals surface area (Å²) in [6, 6.07) is 17.7. The molecule has 3 heterocycles. The SMILES string of the molecule is CN1CCN(c2ccc(C3CC(c4ccsc4)=NN3c3ccc(F)cc3)cc2)CC1. The van der Waals surface area contributed by atoms with Crippen LogP contribution in [0.15, 0.2) is 70.5 Å². The molecule has 1 unspecified atom stereocenters. The van der Waals surface area contributed by atoms with Gasteiger partial charge in [-0.1, -0.05) is 12.1 Å². The molecule has 1 atom stereocenters. The molecule has 6 heteroatoms. The third kappa shape index (κ3) is 3.85. The zero-order chi connectivity index (χ0) is 20.5. The van der Waals surface area contributed by atoms with Crippen molar-refractivity contribution in [3.63, 3.8) is 0 Å². The molecule has 0 N–H and O–H groups in total. The van der Waals surface area contributed by atoms with Gasteiger partial charge in [0, 0.05) is 43.9 Å². The molecular formula is C24H25FN4S. The van der Waals surface area contributed by atoms with Gasteiger partial charge in [0.2, 0.25) is 0 Å². The highest BCUT2D eigenvalue weighted by Gasteiger charge is 2.30. The average molecular weight is 421 g/mol. The van der Waals surface area contributed by atoms with E-state index in [1.165, 1.54) is 28.9 Å². The molecule has 154 valence electrons. The van der Waals surface area contributed by atoms with E-state index in [2.05, 4.69) is 57.9 Å². The van der Waals surface area contributed by atoms with E-state index < -0.39 is 0 Å². The molecule has 0 aliphatic carbocycles. The van der Waals surface area contributed by atoms with Crippen molar-refractivity contribution in [2.24, 2.45) is 5.10 Å². The summed E-state index contributed by atoms with van der Waals surface area (Å²) in [6.07, 6.45) is 0.835. The van der Waals surface area contributed by atoms with Crippen LogP contribution in [0.5, 0.6) is 0 Å². The van der Waals surface area contributed by atoms with Crippen LogP contribution in [0.3, 0.4) is 0 Å². The number of halogens is 1. The summed E-state index contributed by atoms with van der Waals surface area (Å²) in [7, 11) is 2.18. The first kappa shape index (κ1) is 19.3. The van der Waals surface area contributed by atoms with Gasteiger partial charge in [-0.25, -0.2) is 4.39 Å². The van der Waals surface area contributed by atoms with E-state index in [9.17, 15) is 4.39 Å². The van der Waals surface area contributed by atoms with Gasteiger partial charge in [0.05, 0.1) is 17.4 Å². The van der Waals surface area contributed by atoms with E-state index >= 15 is 0 Å². The molecule has 1 aromatic heterocycles. The highest BCUT2D eigenvalue weighted by Crippen LogP contribution is 2.37. The van der Waals surface area contributed by atoms with Gasteiger partial charge in [0.1, 0.15) is 5.82 Å². The maximum atomic E-state index is 13.5. The molecule has 2 aliphatic heterocycles. The molecule has 1 fully saturated rings. The van der Waals surface area contributed by atoms with Crippen LogP contribution in [-0.2, 0) is 0 Å². The molecular weight excluding hydrogens is 395 g/mol. The van der Waals surface area contributed by atoms with Gasteiger partial charge >= 0.3 is 0 Å². The molecule has 0 bridgehead atoms. The highest BCUT2D eigenvalue weighted by molar-refractivity contribution is 7.08. The van der Waals surface area contributed by atoms with Gasteiger partial charge in [-0.2, -0.15) is 16.4 Å². The van der Waals surface area contributed by atoms with Crippen LogP contribution >= 0.6 is 11.3 Å². The van der Waals surface area contributed by atoms with Crippen LogP contribution in [-0.4, -0.2) is 43.8 Å². The lowest BCUT2D eigenvalue weighted by molar-refractivity contribution is 0.313. The number of benzene rings is 2. The molecule has 3 aromatic rings. The number of piperazine rings is 1. The topological polar surface area (TPSA) is 22.1 Å². The van der Waals surface area contributed by atoms with Crippen molar-refractivity contribution in [3.05, 3.63) is 82.3 Å². The normalized spacial score (nSPS) is 19.9. The van der Waals surface area contributed by atoms with Crippen molar-refractivity contribution in [2.75, 3.05) is 43.1 Å². The summed E-state index contributed by atoms with van der Waals surface area (Å²) in [4.78, 5) is 4.82. The predicted octanol–water partition coefficient (Wildman–Crippen LogP) is 4.99. The molecule has 30 heavy (non-hydrogen) atoms. The van der Waals surface area contributed by atoms with E-state index in [1.54, 1.807) is 23.5 Å². The summed E-state index contributed by atoms with van der Waals surface area (Å²) in [5.74, 6) is -0.229. The van der Waals surface area contributed by atoms with Crippen LogP contribution in [0.2, 0.25) is 0 Å². The van der Waals surface area contributed by atoms with Gasteiger partial charge in [-0.3, -0.25) is 5.01 Å². The molecule has 0 saturated carbocycles. The van der Waals surface area contributed by atoms with E-state index in [-0.39, 0.29) is 11.9 Å². The van der Waals surface area contributed by atoms with Crippen molar-refractivity contribution in [2.45, 2.75) is 12.5 Å². The summed E-state index contributed by atoms with van der Waals surface area (Å²) in [5.41, 5.74) is 5.66. The van der Waals surface area contributed by atoms with Crippen molar-refractivity contribution in [3.8, 4) is 0 Å². The Kier molecular flexibility index (Phi) is 5.27. The zero-order valence-corrected chi connectivity index (χ0v) is 17.9. The number of hydrazone groups is 1. The van der Waals surface area contributed by atoms with Crippen molar-refractivity contribution < 1.29 is 4.39 Å². The Morgan fingerprint density at radius 2 is 1.60 bits per heavy atom. The number of thiophene rings is 1. The molecule has 4 nitrogen and oxygen atoms in total. The Balaban J connectivity index is 1.42. The highest BCUT2D eigenvalue weighted by atomic mass is 32.1. The van der Waals surface area contributed by atoms with Gasteiger partial charge < -0.3 is 9.80 Å². The Morgan fingerprint density at radius 3 is 2.27 bits per heavy atom.